The second kappa shape index (κ2) is 13.2. The van der Waals surface area contributed by atoms with Crippen LogP contribution in [0.5, 0.6) is 0 Å². The number of likely N-dealkylation sites (tertiary alicyclic amines) is 1. The maximum Gasteiger partial charge on any atom is 0.410 e. The van der Waals surface area contributed by atoms with Crippen molar-refractivity contribution in [1.82, 2.24) is 4.90 Å². The molecule has 1 aliphatic rings. The number of carbonyl (C=O) groups excluding carboxylic acids is 3. The largest absolute Gasteiger partial charge is 0.462 e. The van der Waals surface area contributed by atoms with E-state index in [1.807, 2.05) is 30.3 Å². The number of rotatable bonds is 9. The molecule has 3 aromatic carbocycles. The summed E-state index contributed by atoms with van der Waals surface area (Å²) in [5.74, 6) is -0.936. The van der Waals surface area contributed by atoms with Crippen LogP contribution in [0, 0.1) is 10.1 Å². The van der Waals surface area contributed by atoms with E-state index in [0.29, 0.717) is 37.2 Å². The first-order valence-electron chi connectivity index (χ1n) is 12.9. The Morgan fingerprint density at radius 1 is 1.00 bits per heavy atom. The summed E-state index contributed by atoms with van der Waals surface area (Å²) in [6.45, 7) is 2.94. The topological polar surface area (TPSA) is 140 Å². The summed E-state index contributed by atoms with van der Waals surface area (Å²) in [5, 5.41) is 17.6. The Balaban J connectivity index is 1.41. The van der Waals surface area contributed by atoms with Gasteiger partial charge in [0, 0.05) is 36.4 Å². The molecule has 1 fully saturated rings. The Hall–Kier alpha value is -4.93. The Kier molecular flexibility index (Phi) is 9.29. The third-order valence-electron chi connectivity index (χ3n) is 6.35. The van der Waals surface area contributed by atoms with Gasteiger partial charge in [0.1, 0.15) is 12.3 Å². The molecule has 1 saturated heterocycles. The molecule has 4 rings (SSSR count). The fourth-order valence-electron chi connectivity index (χ4n) is 4.35. The third-order valence-corrected chi connectivity index (χ3v) is 6.35. The minimum absolute atomic E-state index is 0.155. The van der Waals surface area contributed by atoms with Crippen LogP contribution < -0.4 is 10.6 Å². The maximum absolute atomic E-state index is 12.9. The van der Waals surface area contributed by atoms with Crippen molar-refractivity contribution >= 4 is 35.0 Å². The van der Waals surface area contributed by atoms with Crippen LogP contribution in [0.15, 0.2) is 72.8 Å². The molecule has 11 nitrogen and oxygen atoms in total. The van der Waals surface area contributed by atoms with Crippen LogP contribution in [-0.2, 0) is 16.1 Å². The lowest BCUT2D eigenvalue weighted by molar-refractivity contribution is -0.384. The van der Waals surface area contributed by atoms with Gasteiger partial charge in [-0.2, -0.15) is 0 Å². The lowest BCUT2D eigenvalue weighted by atomic mass is 10.0. The molecular weight excluding hydrogens is 516 g/mol. The van der Waals surface area contributed by atoms with Crippen LogP contribution in [0.25, 0.3) is 0 Å². The molecule has 11 heteroatoms. The zero-order valence-electron chi connectivity index (χ0n) is 22.0. The Labute approximate surface area is 231 Å². The van der Waals surface area contributed by atoms with E-state index in [2.05, 4.69) is 10.6 Å². The molecule has 0 aliphatic carbocycles. The number of amides is 2. The second-order valence-corrected chi connectivity index (χ2v) is 9.21. The molecular formula is C29H30N4O7. The van der Waals surface area contributed by atoms with Crippen molar-refractivity contribution in [2.45, 2.75) is 32.4 Å². The standard InChI is InChI=1S/C29H30N4O7/c1-2-39-28(35)21-10-13-23(14-11-21)31-27(34)22-12-15-26(33(37)38)25(17-22)30-24-9-6-16-32(18-24)29(36)40-19-20-7-4-3-5-8-20/h3-5,7-8,10-15,17,24,30H,2,6,9,16,18-19H2,1H3,(H,31,34). The van der Waals surface area contributed by atoms with Crippen LogP contribution in [-0.4, -0.2) is 53.5 Å². The van der Waals surface area contributed by atoms with Gasteiger partial charge in [-0.25, -0.2) is 9.59 Å². The van der Waals surface area contributed by atoms with Gasteiger partial charge in [0.05, 0.1) is 17.1 Å². The van der Waals surface area contributed by atoms with Crippen LogP contribution in [0.3, 0.4) is 0 Å². The van der Waals surface area contributed by atoms with Crippen LogP contribution >= 0.6 is 0 Å². The summed E-state index contributed by atoms with van der Waals surface area (Å²) in [7, 11) is 0. The van der Waals surface area contributed by atoms with Gasteiger partial charge in [0.25, 0.3) is 11.6 Å². The van der Waals surface area contributed by atoms with Gasteiger partial charge >= 0.3 is 12.1 Å². The number of ether oxygens (including phenoxy) is 2. The molecule has 208 valence electrons. The number of nitrogens with one attached hydrogen (secondary N) is 2. The smallest absolute Gasteiger partial charge is 0.410 e. The number of esters is 1. The van der Waals surface area contributed by atoms with E-state index in [-0.39, 0.29) is 36.2 Å². The molecule has 0 bridgehead atoms. The zero-order valence-corrected chi connectivity index (χ0v) is 22.0. The fraction of sp³-hybridized carbons (Fsp3) is 0.276. The molecule has 3 aromatic rings. The number of benzene rings is 3. The van der Waals surface area contributed by atoms with E-state index in [0.717, 1.165) is 5.56 Å². The first-order valence-corrected chi connectivity index (χ1v) is 12.9. The average Bonchev–Trinajstić information content (AvgIpc) is 2.97. The number of hydrogen-bond donors (Lipinski definition) is 2. The summed E-state index contributed by atoms with van der Waals surface area (Å²) in [6.07, 6.45) is 0.920. The quantitative estimate of drug-likeness (QED) is 0.211. The molecule has 0 spiro atoms. The first-order chi connectivity index (χ1) is 19.3. The van der Waals surface area contributed by atoms with Gasteiger partial charge in [-0.3, -0.25) is 14.9 Å². The van der Waals surface area contributed by atoms with Gasteiger partial charge < -0.3 is 25.0 Å². The van der Waals surface area contributed by atoms with E-state index < -0.39 is 22.9 Å². The summed E-state index contributed by atoms with van der Waals surface area (Å²) in [6, 6.07) is 19.4. The van der Waals surface area contributed by atoms with Crippen molar-refractivity contribution in [3.8, 4) is 0 Å². The van der Waals surface area contributed by atoms with Crippen LogP contribution in [0.2, 0.25) is 0 Å². The Morgan fingerprint density at radius 3 is 2.42 bits per heavy atom. The van der Waals surface area contributed by atoms with Crippen molar-refractivity contribution in [2.24, 2.45) is 0 Å². The first kappa shape index (κ1) is 28.1. The summed E-state index contributed by atoms with van der Waals surface area (Å²) in [4.78, 5) is 50.2. The number of nitro groups is 1. The van der Waals surface area contributed by atoms with Crippen LogP contribution in [0.1, 0.15) is 46.0 Å². The van der Waals surface area contributed by atoms with Crippen molar-refractivity contribution < 1.29 is 28.8 Å². The lowest BCUT2D eigenvalue weighted by Crippen LogP contribution is -2.45. The fourth-order valence-corrected chi connectivity index (χ4v) is 4.35. The van der Waals surface area contributed by atoms with Crippen molar-refractivity contribution in [3.63, 3.8) is 0 Å². The number of carbonyl (C=O) groups is 3. The van der Waals surface area contributed by atoms with E-state index in [9.17, 15) is 24.5 Å². The molecule has 1 heterocycles. The average molecular weight is 547 g/mol. The molecule has 2 amide bonds. The molecule has 1 atom stereocenters. The van der Waals surface area contributed by atoms with Crippen molar-refractivity contribution in [3.05, 3.63) is 99.6 Å². The second-order valence-electron chi connectivity index (χ2n) is 9.21. The van der Waals surface area contributed by atoms with Gasteiger partial charge in [-0.05, 0) is 61.7 Å². The number of nitrogens with zero attached hydrogens (tertiary/aromatic N) is 2. The third kappa shape index (κ3) is 7.34. The zero-order chi connectivity index (χ0) is 28.5. The van der Waals surface area contributed by atoms with Crippen molar-refractivity contribution in [1.29, 1.82) is 0 Å². The summed E-state index contributed by atoms with van der Waals surface area (Å²) >= 11 is 0. The minimum Gasteiger partial charge on any atom is -0.462 e. The molecule has 1 aliphatic heterocycles. The highest BCUT2D eigenvalue weighted by molar-refractivity contribution is 6.05. The number of hydrogen-bond acceptors (Lipinski definition) is 8. The minimum atomic E-state index is -0.521. The normalized spacial score (nSPS) is 14.6. The highest BCUT2D eigenvalue weighted by Crippen LogP contribution is 2.28. The van der Waals surface area contributed by atoms with Gasteiger partial charge in [-0.1, -0.05) is 30.3 Å². The lowest BCUT2D eigenvalue weighted by Gasteiger charge is -2.33. The Bertz CT molecular complexity index is 1360. The summed E-state index contributed by atoms with van der Waals surface area (Å²) < 4.78 is 10.4. The number of piperidine rings is 1. The summed E-state index contributed by atoms with van der Waals surface area (Å²) in [5.41, 5.74) is 1.88. The highest BCUT2D eigenvalue weighted by atomic mass is 16.6. The SMILES string of the molecule is CCOC(=O)c1ccc(NC(=O)c2ccc([N+](=O)[O-])c(NC3CCCN(C(=O)OCc4ccccc4)C3)c2)cc1. The van der Waals surface area contributed by atoms with E-state index in [1.165, 1.54) is 30.3 Å². The molecule has 1 unspecified atom stereocenters. The van der Waals surface area contributed by atoms with Gasteiger partial charge in [0.2, 0.25) is 0 Å². The molecule has 0 aromatic heterocycles. The Morgan fingerprint density at radius 2 is 1.73 bits per heavy atom. The predicted molar refractivity (Wildman–Crippen MR) is 148 cm³/mol. The van der Waals surface area contributed by atoms with Gasteiger partial charge in [0.15, 0.2) is 0 Å². The number of nitro benzene ring substituents is 1. The number of anilines is 2. The maximum atomic E-state index is 12.9. The van der Waals surface area contributed by atoms with Crippen molar-refractivity contribution in [2.75, 3.05) is 30.3 Å². The molecule has 40 heavy (non-hydrogen) atoms. The highest BCUT2D eigenvalue weighted by Gasteiger charge is 2.27. The molecule has 0 radical (unpaired) electrons. The molecule has 2 N–H and O–H groups in total. The van der Waals surface area contributed by atoms with E-state index in [4.69, 9.17) is 9.47 Å². The monoisotopic (exact) mass is 546 g/mol. The van der Waals surface area contributed by atoms with Crippen LogP contribution in [0.4, 0.5) is 21.9 Å². The molecule has 0 saturated carbocycles. The van der Waals surface area contributed by atoms with E-state index in [1.54, 1.807) is 24.0 Å². The van der Waals surface area contributed by atoms with E-state index >= 15 is 0 Å². The predicted octanol–water partition coefficient (Wildman–Crippen LogP) is 5.24. The van der Waals surface area contributed by atoms with Gasteiger partial charge in [-0.15, -0.1) is 0 Å².